The molecule has 0 atom stereocenters. The van der Waals surface area contributed by atoms with Crippen LogP contribution in [-0.4, -0.2) is 20.1 Å². The first-order valence-corrected chi connectivity index (χ1v) is 6.70. The van der Waals surface area contributed by atoms with Gasteiger partial charge in [-0.2, -0.15) is 0 Å². The first-order valence-electron chi connectivity index (χ1n) is 4.25. The van der Waals surface area contributed by atoms with Crippen LogP contribution >= 0.6 is 15.9 Å². The Morgan fingerprint density at radius 3 is 2.53 bits per heavy atom. The second-order valence-electron chi connectivity index (χ2n) is 2.81. The Labute approximate surface area is 96.9 Å². The lowest BCUT2D eigenvalue weighted by atomic mass is 10.2. The Morgan fingerprint density at radius 2 is 2.00 bits per heavy atom. The van der Waals surface area contributed by atoms with Gasteiger partial charge in [0.2, 0.25) is 10.0 Å². The van der Waals surface area contributed by atoms with Crippen molar-refractivity contribution in [3.05, 3.63) is 34.3 Å². The molecule has 0 aromatic heterocycles. The van der Waals surface area contributed by atoms with Gasteiger partial charge >= 0.3 is 0 Å². The van der Waals surface area contributed by atoms with Crippen molar-refractivity contribution >= 4 is 31.9 Å². The van der Waals surface area contributed by atoms with Gasteiger partial charge in [-0.25, -0.2) is 13.1 Å². The lowest BCUT2D eigenvalue weighted by molar-refractivity contribution is 0.0980. The molecule has 1 rings (SSSR count). The van der Waals surface area contributed by atoms with E-state index in [1.165, 1.54) is 6.92 Å². The summed E-state index contributed by atoms with van der Waals surface area (Å²) in [7, 11) is -3.50. The Kier molecular flexibility index (Phi) is 3.87. The van der Waals surface area contributed by atoms with Crippen LogP contribution in [0.3, 0.4) is 0 Å². The van der Waals surface area contributed by atoms with E-state index in [1.54, 1.807) is 24.3 Å². The van der Waals surface area contributed by atoms with Crippen LogP contribution in [0.25, 0.3) is 0 Å². The lowest BCUT2D eigenvalue weighted by Crippen LogP contribution is -2.31. The molecular formula is C9H10BrNO3S. The fourth-order valence-corrected chi connectivity index (χ4v) is 1.92. The molecule has 82 valence electrons. The van der Waals surface area contributed by atoms with E-state index in [-0.39, 0.29) is 5.75 Å². The van der Waals surface area contributed by atoms with Crippen molar-refractivity contribution in [2.45, 2.75) is 6.92 Å². The molecule has 0 aliphatic heterocycles. The van der Waals surface area contributed by atoms with E-state index in [4.69, 9.17) is 0 Å². The summed E-state index contributed by atoms with van der Waals surface area (Å²) in [5, 5.41) is 0. The van der Waals surface area contributed by atoms with Crippen LogP contribution < -0.4 is 4.72 Å². The summed E-state index contributed by atoms with van der Waals surface area (Å²) in [4.78, 5) is 11.5. The molecule has 1 N–H and O–H groups in total. The minimum absolute atomic E-state index is 0.122. The van der Waals surface area contributed by atoms with Crippen LogP contribution in [0.5, 0.6) is 0 Å². The second kappa shape index (κ2) is 4.76. The van der Waals surface area contributed by atoms with Crippen molar-refractivity contribution in [1.29, 1.82) is 0 Å². The fraction of sp³-hybridized carbons (Fsp3) is 0.222. The van der Waals surface area contributed by atoms with Gasteiger partial charge in [0.05, 0.1) is 11.3 Å². The average Bonchev–Trinajstić information content (AvgIpc) is 2.17. The highest BCUT2D eigenvalue weighted by Crippen LogP contribution is 2.15. The van der Waals surface area contributed by atoms with E-state index < -0.39 is 15.9 Å². The number of hydrogen-bond donors (Lipinski definition) is 1. The van der Waals surface area contributed by atoms with Crippen molar-refractivity contribution in [3.8, 4) is 0 Å². The Morgan fingerprint density at radius 1 is 1.40 bits per heavy atom. The molecule has 0 aliphatic rings. The van der Waals surface area contributed by atoms with Gasteiger partial charge in [0.25, 0.3) is 5.91 Å². The van der Waals surface area contributed by atoms with E-state index in [9.17, 15) is 13.2 Å². The van der Waals surface area contributed by atoms with Gasteiger partial charge in [0.15, 0.2) is 0 Å². The molecule has 6 heteroatoms. The number of benzene rings is 1. The average molecular weight is 292 g/mol. The summed E-state index contributed by atoms with van der Waals surface area (Å²) in [5.74, 6) is -0.743. The number of amides is 1. The largest absolute Gasteiger partial charge is 0.268 e. The van der Waals surface area contributed by atoms with Crippen molar-refractivity contribution < 1.29 is 13.2 Å². The van der Waals surface area contributed by atoms with E-state index in [1.807, 2.05) is 4.72 Å². The summed E-state index contributed by atoms with van der Waals surface area (Å²) in [6.45, 7) is 1.47. The predicted molar refractivity (Wildman–Crippen MR) is 61.1 cm³/mol. The molecule has 0 heterocycles. The van der Waals surface area contributed by atoms with Gasteiger partial charge in [-0.3, -0.25) is 4.79 Å². The molecular weight excluding hydrogens is 282 g/mol. The standard InChI is InChI=1S/C9H10BrNO3S/c1-2-15(13,14)11-9(12)7-5-3-4-6-8(7)10/h3-6H,2H2,1H3,(H,11,12). The molecule has 0 spiro atoms. The number of halogens is 1. The van der Waals surface area contributed by atoms with Gasteiger partial charge in [0, 0.05) is 4.47 Å². The number of rotatable bonds is 3. The van der Waals surface area contributed by atoms with Gasteiger partial charge in [-0.05, 0) is 35.0 Å². The predicted octanol–water partition coefficient (Wildman–Crippen LogP) is 1.53. The van der Waals surface area contributed by atoms with Gasteiger partial charge in [-0.15, -0.1) is 0 Å². The summed E-state index contributed by atoms with van der Waals surface area (Å²) in [6.07, 6.45) is 0. The van der Waals surface area contributed by atoms with Gasteiger partial charge in [0.1, 0.15) is 0 Å². The zero-order valence-electron chi connectivity index (χ0n) is 8.03. The second-order valence-corrected chi connectivity index (χ2v) is 5.68. The number of nitrogens with one attached hydrogen (secondary N) is 1. The van der Waals surface area contributed by atoms with E-state index in [2.05, 4.69) is 15.9 Å². The van der Waals surface area contributed by atoms with E-state index in [0.717, 1.165) is 0 Å². The summed E-state index contributed by atoms with van der Waals surface area (Å²) >= 11 is 3.17. The summed E-state index contributed by atoms with van der Waals surface area (Å²) in [5.41, 5.74) is 0.300. The van der Waals surface area contributed by atoms with Crippen LogP contribution in [0.1, 0.15) is 17.3 Å². The van der Waals surface area contributed by atoms with Gasteiger partial charge < -0.3 is 0 Å². The third-order valence-corrected chi connectivity index (χ3v) is 3.69. The van der Waals surface area contributed by atoms with E-state index in [0.29, 0.717) is 10.0 Å². The Hall–Kier alpha value is -0.880. The third-order valence-electron chi connectivity index (χ3n) is 1.75. The lowest BCUT2D eigenvalue weighted by Gasteiger charge is -2.05. The zero-order valence-corrected chi connectivity index (χ0v) is 10.4. The molecule has 15 heavy (non-hydrogen) atoms. The molecule has 0 fully saturated rings. The molecule has 0 radical (unpaired) electrons. The van der Waals surface area contributed by atoms with Crippen LogP contribution in [0.15, 0.2) is 28.7 Å². The minimum atomic E-state index is -3.50. The molecule has 1 aromatic carbocycles. The molecule has 0 unspecified atom stereocenters. The maximum Gasteiger partial charge on any atom is 0.265 e. The Bertz CT molecular complexity index is 470. The quantitative estimate of drug-likeness (QED) is 0.919. The number of carbonyl (C=O) groups is 1. The molecule has 0 saturated carbocycles. The van der Waals surface area contributed by atoms with Crippen LogP contribution in [0.4, 0.5) is 0 Å². The maximum absolute atomic E-state index is 11.5. The molecule has 0 saturated heterocycles. The van der Waals surface area contributed by atoms with Crippen molar-refractivity contribution in [2.75, 3.05) is 5.75 Å². The number of carbonyl (C=O) groups excluding carboxylic acids is 1. The monoisotopic (exact) mass is 291 g/mol. The number of sulfonamides is 1. The molecule has 1 amide bonds. The minimum Gasteiger partial charge on any atom is -0.268 e. The number of hydrogen-bond acceptors (Lipinski definition) is 3. The Balaban J connectivity index is 2.93. The fourth-order valence-electron chi connectivity index (χ4n) is 0.914. The molecule has 0 aliphatic carbocycles. The van der Waals surface area contributed by atoms with Crippen molar-refractivity contribution in [3.63, 3.8) is 0 Å². The summed E-state index contributed by atoms with van der Waals surface area (Å²) in [6, 6.07) is 6.63. The first kappa shape index (κ1) is 12.2. The molecule has 4 nitrogen and oxygen atoms in total. The highest BCUT2D eigenvalue weighted by Gasteiger charge is 2.15. The van der Waals surface area contributed by atoms with E-state index >= 15 is 0 Å². The highest BCUT2D eigenvalue weighted by atomic mass is 79.9. The molecule has 1 aromatic rings. The normalized spacial score (nSPS) is 11.1. The zero-order chi connectivity index (χ0) is 11.5. The SMILES string of the molecule is CCS(=O)(=O)NC(=O)c1ccccc1Br. The van der Waals surface area contributed by atoms with Crippen LogP contribution in [0, 0.1) is 0 Å². The summed E-state index contributed by atoms with van der Waals surface area (Å²) < 4.78 is 24.8. The maximum atomic E-state index is 11.5. The van der Waals surface area contributed by atoms with Crippen molar-refractivity contribution in [1.82, 2.24) is 4.72 Å². The van der Waals surface area contributed by atoms with Crippen LogP contribution in [-0.2, 0) is 10.0 Å². The first-order chi connectivity index (χ1) is 6.96. The smallest absolute Gasteiger partial charge is 0.265 e. The van der Waals surface area contributed by atoms with Crippen LogP contribution in [0.2, 0.25) is 0 Å². The van der Waals surface area contributed by atoms with Gasteiger partial charge in [-0.1, -0.05) is 12.1 Å². The molecule has 0 bridgehead atoms. The van der Waals surface area contributed by atoms with Crippen molar-refractivity contribution in [2.24, 2.45) is 0 Å². The highest BCUT2D eigenvalue weighted by molar-refractivity contribution is 9.10. The third kappa shape index (κ3) is 3.32. The topological polar surface area (TPSA) is 63.2 Å².